The quantitative estimate of drug-likeness (QED) is 0.524. The summed E-state index contributed by atoms with van der Waals surface area (Å²) in [5.74, 6) is 3.07. The normalized spacial score (nSPS) is 51.5. The standard InChI is InChI=1S/C24H36O4/c1-23-10-9-17-22(16(23)8-7-14(23)5-4-6-21(26)27-3)18(25)11-15-12-19-20(28-19)13-24(15,17)2/h14-17,19-20,22H,4-13H2,1-3H3. The summed E-state index contributed by atoms with van der Waals surface area (Å²) in [6.45, 7) is 4.96. The second-order valence-corrected chi connectivity index (χ2v) is 11.1. The van der Waals surface area contributed by atoms with Crippen molar-refractivity contribution in [1.29, 1.82) is 0 Å². The first kappa shape index (κ1) is 19.1. The highest BCUT2D eigenvalue weighted by Gasteiger charge is 2.65. The Morgan fingerprint density at radius 3 is 2.71 bits per heavy atom. The number of carbonyl (C=O) groups excluding carboxylic acids is 2. The predicted octanol–water partition coefficient (Wildman–Crippen LogP) is 4.54. The molecule has 5 fully saturated rings. The summed E-state index contributed by atoms with van der Waals surface area (Å²) in [6.07, 6.45) is 11.5. The second kappa shape index (κ2) is 6.55. The summed E-state index contributed by atoms with van der Waals surface area (Å²) in [4.78, 5) is 24.9. The van der Waals surface area contributed by atoms with Gasteiger partial charge in [0.1, 0.15) is 5.78 Å². The molecule has 0 spiro atoms. The van der Waals surface area contributed by atoms with E-state index in [9.17, 15) is 9.59 Å². The van der Waals surface area contributed by atoms with Crippen molar-refractivity contribution in [3.63, 3.8) is 0 Å². The number of Topliss-reactive ketones (excluding diaryl/α,β-unsaturated/α-hetero) is 1. The van der Waals surface area contributed by atoms with E-state index in [-0.39, 0.29) is 17.3 Å². The number of methoxy groups -OCH3 is 1. The van der Waals surface area contributed by atoms with Gasteiger partial charge in [0.05, 0.1) is 19.3 Å². The maximum Gasteiger partial charge on any atom is 0.305 e. The Labute approximate surface area is 169 Å². The molecule has 4 heteroatoms. The highest BCUT2D eigenvalue weighted by Crippen LogP contribution is 2.68. The van der Waals surface area contributed by atoms with Crippen LogP contribution in [0.3, 0.4) is 0 Å². The fourth-order valence-electron chi connectivity index (χ4n) is 8.37. The zero-order valence-corrected chi connectivity index (χ0v) is 17.7. The van der Waals surface area contributed by atoms with Gasteiger partial charge in [-0.05, 0) is 85.9 Å². The molecule has 28 heavy (non-hydrogen) atoms. The molecule has 156 valence electrons. The van der Waals surface area contributed by atoms with Crippen LogP contribution in [0, 0.1) is 40.4 Å². The molecule has 5 aliphatic rings. The lowest BCUT2D eigenvalue weighted by atomic mass is 9.44. The number of esters is 1. The monoisotopic (exact) mass is 388 g/mol. The van der Waals surface area contributed by atoms with Gasteiger partial charge >= 0.3 is 5.97 Å². The fourth-order valence-corrected chi connectivity index (χ4v) is 8.37. The van der Waals surface area contributed by atoms with Gasteiger partial charge < -0.3 is 9.47 Å². The largest absolute Gasteiger partial charge is 0.469 e. The molecule has 4 nitrogen and oxygen atoms in total. The van der Waals surface area contributed by atoms with Crippen molar-refractivity contribution < 1.29 is 19.1 Å². The molecule has 9 atom stereocenters. The molecular weight excluding hydrogens is 352 g/mol. The molecule has 9 unspecified atom stereocenters. The SMILES string of the molecule is COC(=O)CCCC1CCC2C3C(=O)CC4CC5OC5CC4(C)C3CCC12C. The predicted molar refractivity (Wildman–Crippen MR) is 106 cm³/mol. The molecule has 0 bridgehead atoms. The molecule has 0 aromatic heterocycles. The minimum Gasteiger partial charge on any atom is -0.469 e. The van der Waals surface area contributed by atoms with E-state index in [1.807, 2.05) is 0 Å². The maximum atomic E-state index is 13.4. The zero-order chi connectivity index (χ0) is 19.7. The van der Waals surface area contributed by atoms with Gasteiger partial charge in [0.2, 0.25) is 0 Å². The Kier molecular flexibility index (Phi) is 4.47. The van der Waals surface area contributed by atoms with E-state index in [2.05, 4.69) is 13.8 Å². The van der Waals surface area contributed by atoms with Crippen LogP contribution in [0.4, 0.5) is 0 Å². The molecule has 0 amide bonds. The molecule has 1 heterocycles. The van der Waals surface area contributed by atoms with Crippen LogP contribution in [0.15, 0.2) is 0 Å². The highest BCUT2D eigenvalue weighted by molar-refractivity contribution is 5.83. The minimum absolute atomic E-state index is 0.0947. The fraction of sp³-hybridized carbons (Fsp3) is 0.917. The third kappa shape index (κ3) is 2.73. The van der Waals surface area contributed by atoms with Crippen LogP contribution < -0.4 is 0 Å². The summed E-state index contributed by atoms with van der Waals surface area (Å²) in [7, 11) is 1.47. The lowest BCUT2D eigenvalue weighted by Crippen LogP contribution is -2.57. The average Bonchev–Trinajstić information content (AvgIpc) is 3.32. The number of carbonyl (C=O) groups is 2. The van der Waals surface area contributed by atoms with E-state index >= 15 is 0 Å². The number of ether oxygens (including phenoxy) is 2. The van der Waals surface area contributed by atoms with Crippen molar-refractivity contribution in [2.75, 3.05) is 7.11 Å². The number of fused-ring (bicyclic) bond motifs is 6. The number of hydrogen-bond acceptors (Lipinski definition) is 4. The Balaban J connectivity index is 1.33. The lowest BCUT2D eigenvalue weighted by Gasteiger charge is -2.59. The smallest absolute Gasteiger partial charge is 0.305 e. The van der Waals surface area contributed by atoms with Crippen LogP contribution in [-0.2, 0) is 19.1 Å². The van der Waals surface area contributed by atoms with Gasteiger partial charge in [-0.15, -0.1) is 0 Å². The molecule has 5 rings (SSSR count). The topological polar surface area (TPSA) is 55.9 Å². The van der Waals surface area contributed by atoms with E-state index in [1.165, 1.54) is 39.2 Å². The Morgan fingerprint density at radius 1 is 1.14 bits per heavy atom. The number of hydrogen-bond donors (Lipinski definition) is 0. The van der Waals surface area contributed by atoms with Gasteiger partial charge in [0.25, 0.3) is 0 Å². The number of ketones is 1. The zero-order valence-electron chi connectivity index (χ0n) is 17.7. The summed E-state index contributed by atoms with van der Waals surface area (Å²) in [5, 5.41) is 0. The van der Waals surface area contributed by atoms with Crippen LogP contribution in [0.2, 0.25) is 0 Å². The minimum atomic E-state index is -0.0947. The third-order valence-electron chi connectivity index (χ3n) is 10.1. The van der Waals surface area contributed by atoms with Crippen LogP contribution in [-0.4, -0.2) is 31.1 Å². The molecule has 0 aromatic carbocycles. The van der Waals surface area contributed by atoms with Crippen LogP contribution >= 0.6 is 0 Å². The first-order valence-corrected chi connectivity index (χ1v) is 11.6. The third-order valence-corrected chi connectivity index (χ3v) is 10.1. The highest BCUT2D eigenvalue weighted by atomic mass is 16.6. The summed E-state index contributed by atoms with van der Waals surface area (Å²) in [5.41, 5.74) is 0.587. The molecule has 0 N–H and O–H groups in total. The van der Waals surface area contributed by atoms with E-state index in [1.54, 1.807) is 0 Å². The molecule has 1 saturated heterocycles. The van der Waals surface area contributed by atoms with E-state index < -0.39 is 0 Å². The Hall–Kier alpha value is -0.900. The second-order valence-electron chi connectivity index (χ2n) is 11.1. The first-order valence-electron chi connectivity index (χ1n) is 11.6. The summed E-state index contributed by atoms with van der Waals surface area (Å²) < 4.78 is 10.7. The Morgan fingerprint density at radius 2 is 1.93 bits per heavy atom. The van der Waals surface area contributed by atoms with E-state index in [0.29, 0.717) is 53.5 Å². The van der Waals surface area contributed by atoms with Crippen molar-refractivity contribution >= 4 is 11.8 Å². The molecule has 0 radical (unpaired) electrons. The maximum absolute atomic E-state index is 13.4. The first-order chi connectivity index (χ1) is 13.4. The van der Waals surface area contributed by atoms with Crippen molar-refractivity contribution in [3.05, 3.63) is 0 Å². The number of epoxide rings is 1. The molecule has 1 aliphatic heterocycles. The van der Waals surface area contributed by atoms with Crippen LogP contribution in [0.25, 0.3) is 0 Å². The van der Waals surface area contributed by atoms with Gasteiger partial charge in [-0.3, -0.25) is 9.59 Å². The molecular formula is C24H36O4. The van der Waals surface area contributed by atoms with Crippen molar-refractivity contribution in [3.8, 4) is 0 Å². The molecule has 4 saturated carbocycles. The van der Waals surface area contributed by atoms with Gasteiger partial charge in [-0.2, -0.15) is 0 Å². The average molecular weight is 389 g/mol. The van der Waals surface area contributed by atoms with E-state index in [0.717, 1.165) is 25.7 Å². The summed E-state index contributed by atoms with van der Waals surface area (Å²) >= 11 is 0. The number of rotatable bonds is 4. The van der Waals surface area contributed by atoms with Crippen molar-refractivity contribution in [1.82, 2.24) is 0 Å². The van der Waals surface area contributed by atoms with Crippen LogP contribution in [0.1, 0.15) is 78.1 Å². The molecule has 0 aromatic rings. The van der Waals surface area contributed by atoms with E-state index in [4.69, 9.17) is 9.47 Å². The van der Waals surface area contributed by atoms with Gasteiger partial charge in [0, 0.05) is 18.8 Å². The molecule has 4 aliphatic carbocycles. The lowest BCUT2D eigenvalue weighted by molar-refractivity contribution is -0.154. The van der Waals surface area contributed by atoms with Crippen molar-refractivity contribution in [2.24, 2.45) is 40.4 Å². The van der Waals surface area contributed by atoms with Gasteiger partial charge in [-0.1, -0.05) is 13.8 Å². The Bertz CT molecular complexity index is 674. The van der Waals surface area contributed by atoms with Gasteiger partial charge in [0.15, 0.2) is 0 Å². The van der Waals surface area contributed by atoms with Crippen LogP contribution in [0.5, 0.6) is 0 Å². The summed E-state index contributed by atoms with van der Waals surface area (Å²) in [6, 6.07) is 0. The van der Waals surface area contributed by atoms with Gasteiger partial charge in [-0.25, -0.2) is 0 Å². The van der Waals surface area contributed by atoms with Crippen molar-refractivity contribution in [2.45, 2.75) is 90.3 Å².